The summed E-state index contributed by atoms with van der Waals surface area (Å²) in [5.74, 6) is 0.635. The molecule has 0 amide bonds. The molecule has 3 heterocycles. The van der Waals surface area contributed by atoms with Gasteiger partial charge in [0.2, 0.25) is 0 Å². The number of H-pyrrole nitrogens is 3. The molecule has 96 valence electrons. The summed E-state index contributed by atoms with van der Waals surface area (Å²) in [5, 5.41) is 3.75. The molecule has 0 spiro atoms. The minimum Gasteiger partial charge on any atom is -0.373 e. The number of fused-ring (bicyclic) bond motifs is 1. The molecule has 0 saturated carbocycles. The Bertz CT molecular complexity index is 858. The zero-order chi connectivity index (χ0) is 13.4. The van der Waals surface area contributed by atoms with Crippen molar-refractivity contribution in [2.24, 2.45) is 0 Å². The smallest absolute Gasteiger partial charge is 0.325 e. The topological polar surface area (TPSA) is 106 Å². The second-order valence-corrected chi connectivity index (χ2v) is 4.03. The highest BCUT2D eigenvalue weighted by molar-refractivity contribution is 5.94. The van der Waals surface area contributed by atoms with Gasteiger partial charge in [0, 0.05) is 30.4 Å². The summed E-state index contributed by atoms with van der Waals surface area (Å²) in [6.07, 6.45) is 3.16. The monoisotopic (exact) mass is 257 g/mol. The predicted molar refractivity (Wildman–Crippen MR) is 72.3 cm³/mol. The van der Waals surface area contributed by atoms with E-state index in [2.05, 4.69) is 25.3 Å². The number of anilines is 1. The number of aromatic amines is 3. The average Bonchev–Trinajstić information content (AvgIpc) is 2.86. The lowest BCUT2D eigenvalue weighted by atomic mass is 10.1. The van der Waals surface area contributed by atoms with E-state index in [0.29, 0.717) is 22.6 Å². The molecule has 0 aliphatic heterocycles. The molecule has 0 aliphatic rings. The molecular weight excluding hydrogens is 246 g/mol. The Morgan fingerprint density at radius 1 is 1.21 bits per heavy atom. The van der Waals surface area contributed by atoms with E-state index in [4.69, 9.17) is 0 Å². The Balaban J connectivity index is 2.37. The predicted octanol–water partition coefficient (Wildman–Crippen LogP) is 0.648. The van der Waals surface area contributed by atoms with Crippen LogP contribution in [0.4, 0.5) is 5.82 Å². The Morgan fingerprint density at radius 3 is 2.79 bits per heavy atom. The van der Waals surface area contributed by atoms with E-state index < -0.39 is 11.2 Å². The Labute approximate surface area is 106 Å². The first-order chi connectivity index (χ1) is 9.19. The third kappa shape index (κ3) is 1.81. The van der Waals surface area contributed by atoms with E-state index in [1.54, 1.807) is 19.3 Å². The zero-order valence-electron chi connectivity index (χ0n) is 10.1. The number of hydrogen-bond donors (Lipinski definition) is 4. The first-order valence-corrected chi connectivity index (χ1v) is 5.67. The van der Waals surface area contributed by atoms with Crippen molar-refractivity contribution >= 4 is 16.9 Å². The Morgan fingerprint density at radius 2 is 2.05 bits per heavy atom. The van der Waals surface area contributed by atoms with Crippen LogP contribution in [-0.4, -0.2) is 27.0 Å². The quantitative estimate of drug-likeness (QED) is 0.540. The number of nitrogens with zero attached hydrogens (tertiary/aromatic N) is 1. The highest BCUT2D eigenvalue weighted by Crippen LogP contribution is 2.26. The maximum Gasteiger partial charge on any atom is 0.325 e. The van der Waals surface area contributed by atoms with Crippen LogP contribution in [0.5, 0.6) is 0 Å². The van der Waals surface area contributed by atoms with Crippen molar-refractivity contribution in [1.82, 2.24) is 19.9 Å². The molecule has 0 radical (unpaired) electrons. The summed E-state index contributed by atoms with van der Waals surface area (Å²) in [6.45, 7) is 0. The lowest BCUT2D eigenvalue weighted by Crippen LogP contribution is -2.22. The molecule has 0 bridgehead atoms. The van der Waals surface area contributed by atoms with Crippen LogP contribution >= 0.6 is 0 Å². The van der Waals surface area contributed by atoms with Crippen molar-refractivity contribution < 1.29 is 0 Å². The third-order valence-electron chi connectivity index (χ3n) is 2.89. The van der Waals surface area contributed by atoms with Crippen molar-refractivity contribution in [3.63, 3.8) is 0 Å². The maximum atomic E-state index is 11.9. The maximum absolute atomic E-state index is 11.9. The van der Waals surface area contributed by atoms with Crippen LogP contribution in [0.25, 0.3) is 22.2 Å². The molecule has 0 aliphatic carbocycles. The lowest BCUT2D eigenvalue weighted by molar-refractivity contribution is 1.04. The second kappa shape index (κ2) is 4.13. The van der Waals surface area contributed by atoms with Gasteiger partial charge in [-0.2, -0.15) is 0 Å². The molecule has 0 saturated heterocycles. The van der Waals surface area contributed by atoms with Crippen molar-refractivity contribution in [2.75, 3.05) is 12.4 Å². The summed E-state index contributed by atoms with van der Waals surface area (Å²) in [7, 11) is 1.75. The van der Waals surface area contributed by atoms with Gasteiger partial charge in [0.25, 0.3) is 5.56 Å². The normalized spacial score (nSPS) is 10.8. The molecule has 7 heteroatoms. The second-order valence-electron chi connectivity index (χ2n) is 4.03. The molecule has 0 fully saturated rings. The van der Waals surface area contributed by atoms with E-state index in [0.717, 1.165) is 5.39 Å². The van der Waals surface area contributed by atoms with Gasteiger partial charge in [-0.25, -0.2) is 9.78 Å². The minimum atomic E-state index is -0.526. The number of rotatable bonds is 2. The summed E-state index contributed by atoms with van der Waals surface area (Å²) in [5.41, 5.74) is 0.810. The molecule has 0 atom stereocenters. The van der Waals surface area contributed by atoms with Gasteiger partial charge in [-0.05, 0) is 12.1 Å². The lowest BCUT2D eigenvalue weighted by Gasteiger charge is -2.05. The van der Waals surface area contributed by atoms with E-state index in [-0.39, 0.29) is 0 Å². The molecule has 19 heavy (non-hydrogen) atoms. The van der Waals surface area contributed by atoms with Gasteiger partial charge in [0.05, 0.1) is 5.56 Å². The van der Waals surface area contributed by atoms with Crippen LogP contribution in [0.1, 0.15) is 0 Å². The third-order valence-corrected chi connectivity index (χ3v) is 2.89. The molecule has 7 nitrogen and oxygen atoms in total. The molecule has 4 N–H and O–H groups in total. The molecule has 0 unspecified atom stereocenters. The SMILES string of the molecule is CNc1cc(-c2c[nH]c(=O)[nH]c2=O)c2cc[nH]c2n1. The number of hydrogen-bond acceptors (Lipinski definition) is 4. The van der Waals surface area contributed by atoms with Gasteiger partial charge >= 0.3 is 5.69 Å². The van der Waals surface area contributed by atoms with Crippen molar-refractivity contribution in [2.45, 2.75) is 0 Å². The Hall–Kier alpha value is -2.83. The molecule has 3 aromatic heterocycles. The first kappa shape index (κ1) is 11.3. The van der Waals surface area contributed by atoms with Gasteiger partial charge < -0.3 is 15.3 Å². The Kier molecular flexibility index (Phi) is 2.45. The van der Waals surface area contributed by atoms with Gasteiger partial charge in [0.1, 0.15) is 11.5 Å². The highest BCUT2D eigenvalue weighted by Gasteiger charge is 2.11. The molecule has 3 aromatic rings. The summed E-state index contributed by atoms with van der Waals surface area (Å²) < 4.78 is 0. The van der Waals surface area contributed by atoms with E-state index in [1.807, 2.05) is 6.07 Å². The summed E-state index contributed by atoms with van der Waals surface area (Å²) in [6, 6.07) is 3.60. The largest absolute Gasteiger partial charge is 0.373 e. The van der Waals surface area contributed by atoms with Crippen LogP contribution in [0, 0.1) is 0 Å². The number of nitrogens with one attached hydrogen (secondary N) is 4. The van der Waals surface area contributed by atoms with Crippen molar-refractivity contribution in [1.29, 1.82) is 0 Å². The highest BCUT2D eigenvalue weighted by atomic mass is 16.2. The van der Waals surface area contributed by atoms with E-state index in [1.165, 1.54) is 6.20 Å². The van der Waals surface area contributed by atoms with Crippen LogP contribution in [0.2, 0.25) is 0 Å². The van der Waals surface area contributed by atoms with Crippen molar-refractivity contribution in [3.05, 3.63) is 45.4 Å². The molecule has 0 aromatic carbocycles. The fourth-order valence-corrected chi connectivity index (χ4v) is 2.00. The van der Waals surface area contributed by atoms with Crippen molar-refractivity contribution in [3.8, 4) is 11.1 Å². The molecule has 3 rings (SSSR count). The van der Waals surface area contributed by atoms with Gasteiger partial charge in [-0.15, -0.1) is 0 Å². The van der Waals surface area contributed by atoms with Crippen LogP contribution < -0.4 is 16.6 Å². The number of aromatic nitrogens is 4. The van der Waals surface area contributed by atoms with Gasteiger partial charge in [0.15, 0.2) is 0 Å². The van der Waals surface area contributed by atoms with Gasteiger partial charge in [-0.1, -0.05) is 0 Å². The number of pyridine rings is 1. The fraction of sp³-hybridized carbons (Fsp3) is 0.0833. The average molecular weight is 257 g/mol. The first-order valence-electron chi connectivity index (χ1n) is 5.67. The standard InChI is InChI=1S/C12H11N5O2/c1-13-9-4-7(6-2-3-14-10(6)16-9)8-5-15-12(19)17-11(8)18/h2-5H,1H3,(H2,13,14,16)(H2,15,17,18,19). The molecular formula is C12H11N5O2. The van der Waals surface area contributed by atoms with Crippen LogP contribution in [0.3, 0.4) is 0 Å². The minimum absolute atomic E-state index is 0.392. The summed E-state index contributed by atoms with van der Waals surface area (Å²) in [4.78, 5) is 35.0. The summed E-state index contributed by atoms with van der Waals surface area (Å²) >= 11 is 0. The van der Waals surface area contributed by atoms with Gasteiger partial charge in [-0.3, -0.25) is 9.78 Å². The van der Waals surface area contributed by atoms with Crippen LogP contribution in [-0.2, 0) is 0 Å². The van der Waals surface area contributed by atoms with E-state index >= 15 is 0 Å². The van der Waals surface area contributed by atoms with E-state index in [9.17, 15) is 9.59 Å². The zero-order valence-corrected chi connectivity index (χ0v) is 10.1. The van der Waals surface area contributed by atoms with Crippen LogP contribution in [0.15, 0.2) is 34.1 Å². The fourth-order valence-electron chi connectivity index (χ4n) is 2.00.